The minimum atomic E-state index is 0.191. The predicted octanol–water partition coefficient (Wildman–Crippen LogP) is 3.34. The minimum absolute atomic E-state index is 0.191. The number of carbonyl (C=O) groups is 1. The van der Waals surface area contributed by atoms with Gasteiger partial charge < -0.3 is 9.47 Å². The van der Waals surface area contributed by atoms with Gasteiger partial charge in [-0.25, -0.2) is 4.98 Å². The van der Waals surface area contributed by atoms with Crippen molar-refractivity contribution in [2.75, 3.05) is 6.61 Å². The zero-order chi connectivity index (χ0) is 14.1. The summed E-state index contributed by atoms with van der Waals surface area (Å²) in [6.07, 6.45) is 3.48. The van der Waals surface area contributed by atoms with Gasteiger partial charge in [-0.3, -0.25) is 4.79 Å². The van der Waals surface area contributed by atoms with Crippen molar-refractivity contribution < 1.29 is 14.3 Å². The van der Waals surface area contributed by atoms with Crippen LogP contribution in [0, 0.1) is 0 Å². The number of nitrogens with zero attached hydrogens (tertiary/aromatic N) is 1. The Balaban J connectivity index is 2.08. The monoisotopic (exact) mass is 289 g/mol. The van der Waals surface area contributed by atoms with Crippen molar-refractivity contribution in [3.05, 3.63) is 28.8 Å². The third kappa shape index (κ3) is 2.29. The normalized spacial score (nSPS) is 16.6. The minimum Gasteiger partial charge on any atom is -0.493 e. The molecule has 1 aromatic heterocycles. The van der Waals surface area contributed by atoms with Crippen LogP contribution in [0.1, 0.15) is 29.1 Å². The van der Waals surface area contributed by atoms with Crippen LogP contribution in [0.5, 0.6) is 11.5 Å². The van der Waals surface area contributed by atoms with E-state index in [2.05, 4.69) is 4.98 Å². The van der Waals surface area contributed by atoms with Crippen molar-refractivity contribution in [1.29, 1.82) is 0 Å². The fourth-order valence-electron chi connectivity index (χ4n) is 2.35. The van der Waals surface area contributed by atoms with E-state index in [-0.39, 0.29) is 6.10 Å². The predicted molar refractivity (Wildman–Crippen MR) is 77.9 cm³/mol. The molecule has 104 valence electrons. The molecule has 2 aromatic rings. The first-order valence-corrected chi connectivity index (χ1v) is 7.40. The smallest absolute Gasteiger partial charge is 0.161 e. The van der Waals surface area contributed by atoms with E-state index in [9.17, 15) is 4.79 Å². The van der Waals surface area contributed by atoms with Gasteiger partial charge in [0.2, 0.25) is 0 Å². The molecule has 1 aromatic carbocycles. The molecule has 1 unspecified atom stereocenters. The van der Waals surface area contributed by atoms with E-state index in [0.29, 0.717) is 11.5 Å². The standard InChI is InChI=1S/C15H15NO3S/c1-3-18-14-5-10-4-9(2)19-13(10)6-12(14)15-16-7-11(8-17)20-15/h5-9H,3-4H2,1-2H3. The van der Waals surface area contributed by atoms with E-state index < -0.39 is 0 Å². The average molecular weight is 289 g/mol. The molecule has 2 heterocycles. The molecule has 1 aliphatic rings. The number of thiazole rings is 1. The van der Waals surface area contributed by atoms with Crippen LogP contribution in [0.15, 0.2) is 18.3 Å². The van der Waals surface area contributed by atoms with Crippen LogP contribution in [0.4, 0.5) is 0 Å². The first-order valence-electron chi connectivity index (χ1n) is 6.59. The Morgan fingerprint density at radius 3 is 3.10 bits per heavy atom. The summed E-state index contributed by atoms with van der Waals surface area (Å²) in [7, 11) is 0. The molecule has 0 aliphatic carbocycles. The first kappa shape index (κ1) is 13.1. The number of benzene rings is 1. The highest BCUT2D eigenvalue weighted by atomic mass is 32.1. The molecule has 5 heteroatoms. The lowest BCUT2D eigenvalue weighted by Gasteiger charge is -2.10. The number of aldehydes is 1. The van der Waals surface area contributed by atoms with Crippen LogP contribution in [0.25, 0.3) is 10.6 Å². The molecule has 0 amide bonds. The lowest BCUT2D eigenvalue weighted by Crippen LogP contribution is -2.05. The lowest BCUT2D eigenvalue weighted by molar-refractivity contribution is 0.112. The van der Waals surface area contributed by atoms with Gasteiger partial charge in [0.25, 0.3) is 0 Å². The molecule has 0 N–H and O–H groups in total. The van der Waals surface area contributed by atoms with E-state index in [1.54, 1.807) is 6.20 Å². The van der Waals surface area contributed by atoms with Gasteiger partial charge in [0, 0.05) is 18.2 Å². The average Bonchev–Trinajstić information content (AvgIpc) is 3.03. The molecule has 20 heavy (non-hydrogen) atoms. The molecule has 0 bridgehead atoms. The maximum Gasteiger partial charge on any atom is 0.161 e. The number of ether oxygens (including phenoxy) is 2. The number of hydrogen-bond donors (Lipinski definition) is 0. The quantitative estimate of drug-likeness (QED) is 0.810. The Morgan fingerprint density at radius 1 is 1.55 bits per heavy atom. The molecule has 0 saturated heterocycles. The van der Waals surface area contributed by atoms with Crippen molar-refractivity contribution in [2.24, 2.45) is 0 Å². The van der Waals surface area contributed by atoms with Crippen LogP contribution in [-0.4, -0.2) is 24.0 Å². The molecule has 1 aliphatic heterocycles. The molecule has 0 fully saturated rings. The van der Waals surface area contributed by atoms with E-state index in [0.717, 1.165) is 40.3 Å². The summed E-state index contributed by atoms with van der Waals surface area (Å²) in [5, 5.41) is 0.779. The number of aromatic nitrogens is 1. The molecule has 0 saturated carbocycles. The first-order chi connectivity index (χ1) is 9.71. The summed E-state index contributed by atoms with van der Waals surface area (Å²) in [6, 6.07) is 4.00. The van der Waals surface area contributed by atoms with Crippen molar-refractivity contribution in [1.82, 2.24) is 4.98 Å². The Hall–Kier alpha value is -1.88. The van der Waals surface area contributed by atoms with Crippen LogP contribution >= 0.6 is 11.3 Å². The van der Waals surface area contributed by atoms with Crippen LogP contribution in [-0.2, 0) is 6.42 Å². The van der Waals surface area contributed by atoms with Gasteiger partial charge in [-0.15, -0.1) is 11.3 Å². The third-order valence-electron chi connectivity index (χ3n) is 3.17. The SMILES string of the molecule is CCOc1cc2c(cc1-c1ncc(C=O)s1)OC(C)C2. The molecular weight excluding hydrogens is 274 g/mol. The van der Waals surface area contributed by atoms with Gasteiger partial charge in [-0.1, -0.05) is 0 Å². The van der Waals surface area contributed by atoms with E-state index in [1.165, 1.54) is 11.3 Å². The second-order valence-electron chi connectivity index (χ2n) is 4.71. The number of rotatable bonds is 4. The van der Waals surface area contributed by atoms with Crippen molar-refractivity contribution in [3.8, 4) is 22.1 Å². The molecule has 4 nitrogen and oxygen atoms in total. The number of hydrogen-bond acceptors (Lipinski definition) is 5. The summed E-state index contributed by atoms with van der Waals surface area (Å²) in [5.41, 5.74) is 2.05. The van der Waals surface area contributed by atoms with Gasteiger partial charge in [0.1, 0.15) is 22.6 Å². The van der Waals surface area contributed by atoms with Crippen molar-refractivity contribution in [2.45, 2.75) is 26.4 Å². The molecule has 3 rings (SSSR count). The Kier molecular flexibility index (Phi) is 3.44. The number of carbonyl (C=O) groups excluding carboxylic acids is 1. The van der Waals surface area contributed by atoms with Gasteiger partial charge >= 0.3 is 0 Å². The molecule has 0 radical (unpaired) electrons. The molecule has 0 spiro atoms. The Labute approximate surface area is 121 Å². The van der Waals surface area contributed by atoms with Crippen LogP contribution < -0.4 is 9.47 Å². The van der Waals surface area contributed by atoms with E-state index in [1.807, 2.05) is 26.0 Å². The van der Waals surface area contributed by atoms with Crippen LogP contribution in [0.2, 0.25) is 0 Å². The summed E-state index contributed by atoms with van der Waals surface area (Å²) < 4.78 is 11.5. The summed E-state index contributed by atoms with van der Waals surface area (Å²) in [5.74, 6) is 1.69. The fourth-order valence-corrected chi connectivity index (χ4v) is 3.10. The topological polar surface area (TPSA) is 48.4 Å². The van der Waals surface area contributed by atoms with Gasteiger partial charge in [-0.2, -0.15) is 0 Å². The second-order valence-corrected chi connectivity index (χ2v) is 5.77. The fraction of sp³-hybridized carbons (Fsp3) is 0.333. The van der Waals surface area contributed by atoms with Gasteiger partial charge in [0.15, 0.2) is 6.29 Å². The van der Waals surface area contributed by atoms with Crippen LogP contribution in [0.3, 0.4) is 0 Å². The molecular formula is C15H15NO3S. The molecule has 1 atom stereocenters. The maximum absolute atomic E-state index is 10.8. The Morgan fingerprint density at radius 2 is 2.40 bits per heavy atom. The highest BCUT2D eigenvalue weighted by Gasteiger charge is 2.23. The van der Waals surface area contributed by atoms with E-state index >= 15 is 0 Å². The Bertz CT molecular complexity index is 651. The van der Waals surface area contributed by atoms with Crippen molar-refractivity contribution >= 4 is 17.6 Å². The highest BCUT2D eigenvalue weighted by Crippen LogP contribution is 2.41. The highest BCUT2D eigenvalue weighted by molar-refractivity contribution is 7.16. The third-order valence-corrected chi connectivity index (χ3v) is 4.12. The summed E-state index contributed by atoms with van der Waals surface area (Å²) >= 11 is 1.36. The van der Waals surface area contributed by atoms with Gasteiger partial charge in [-0.05, 0) is 26.0 Å². The summed E-state index contributed by atoms with van der Waals surface area (Å²) in [4.78, 5) is 15.7. The van der Waals surface area contributed by atoms with E-state index in [4.69, 9.17) is 9.47 Å². The zero-order valence-electron chi connectivity index (χ0n) is 11.4. The second kappa shape index (κ2) is 5.25. The van der Waals surface area contributed by atoms with Crippen molar-refractivity contribution in [3.63, 3.8) is 0 Å². The summed E-state index contributed by atoms with van der Waals surface area (Å²) in [6.45, 7) is 4.59. The van der Waals surface area contributed by atoms with Gasteiger partial charge in [0.05, 0.1) is 17.0 Å². The number of fused-ring (bicyclic) bond motifs is 1. The lowest BCUT2D eigenvalue weighted by atomic mass is 10.1. The zero-order valence-corrected chi connectivity index (χ0v) is 12.2. The largest absolute Gasteiger partial charge is 0.493 e. The maximum atomic E-state index is 10.8.